The first-order chi connectivity index (χ1) is 9.54. The fourth-order valence-corrected chi connectivity index (χ4v) is 3.83. The third-order valence-electron chi connectivity index (χ3n) is 4.93. The molecule has 1 aromatic carbocycles. The quantitative estimate of drug-likeness (QED) is 0.851. The van der Waals surface area contributed by atoms with Gasteiger partial charge in [0.05, 0.1) is 0 Å². The smallest absolute Gasteiger partial charge is 0.140 e. The minimum Gasteiger partial charge on any atom is -0.300 e. The predicted octanol–water partition coefficient (Wildman–Crippen LogP) is 3.46. The Labute approximate surface area is 123 Å². The Morgan fingerprint density at radius 1 is 1.35 bits per heavy atom. The molecule has 0 spiro atoms. The van der Waals surface area contributed by atoms with Gasteiger partial charge in [0.25, 0.3) is 0 Å². The number of halogens is 2. The Morgan fingerprint density at radius 3 is 2.60 bits per heavy atom. The van der Waals surface area contributed by atoms with Crippen molar-refractivity contribution in [1.29, 1.82) is 0 Å². The molecule has 0 saturated carbocycles. The van der Waals surface area contributed by atoms with E-state index in [9.17, 15) is 9.18 Å². The SMILES string of the molecule is CN1C2CCC1CC(C(=O)Cc1ccc(Cl)cc1F)C2. The molecule has 2 atom stereocenters. The van der Waals surface area contributed by atoms with Crippen LogP contribution in [0.15, 0.2) is 18.2 Å². The molecule has 20 heavy (non-hydrogen) atoms. The van der Waals surface area contributed by atoms with Crippen LogP contribution in [-0.4, -0.2) is 29.8 Å². The van der Waals surface area contributed by atoms with Gasteiger partial charge >= 0.3 is 0 Å². The highest BCUT2D eigenvalue weighted by Crippen LogP contribution is 2.38. The number of hydrogen-bond donors (Lipinski definition) is 0. The van der Waals surface area contributed by atoms with E-state index in [1.807, 2.05) is 0 Å². The average Bonchev–Trinajstić information content (AvgIpc) is 2.64. The number of hydrogen-bond acceptors (Lipinski definition) is 2. The molecule has 0 radical (unpaired) electrons. The molecule has 0 aromatic heterocycles. The molecule has 2 saturated heterocycles. The van der Waals surface area contributed by atoms with Gasteiger partial charge in [-0.25, -0.2) is 4.39 Å². The van der Waals surface area contributed by atoms with E-state index in [0.717, 1.165) is 12.8 Å². The topological polar surface area (TPSA) is 20.3 Å². The van der Waals surface area contributed by atoms with Gasteiger partial charge in [0, 0.05) is 29.4 Å². The fraction of sp³-hybridized carbons (Fsp3) is 0.562. The van der Waals surface area contributed by atoms with E-state index in [-0.39, 0.29) is 23.9 Å². The Kier molecular flexibility index (Phi) is 3.83. The summed E-state index contributed by atoms with van der Waals surface area (Å²) in [6.07, 6.45) is 4.44. The summed E-state index contributed by atoms with van der Waals surface area (Å²) in [5.41, 5.74) is 0.464. The number of fused-ring (bicyclic) bond motifs is 2. The average molecular weight is 296 g/mol. The molecule has 0 N–H and O–H groups in total. The summed E-state index contributed by atoms with van der Waals surface area (Å²) in [6.45, 7) is 0. The first-order valence-corrected chi connectivity index (χ1v) is 7.61. The van der Waals surface area contributed by atoms with E-state index >= 15 is 0 Å². The third kappa shape index (κ3) is 2.61. The van der Waals surface area contributed by atoms with Gasteiger partial charge in [-0.05, 0) is 50.4 Å². The van der Waals surface area contributed by atoms with Crippen LogP contribution in [0.5, 0.6) is 0 Å². The number of ketones is 1. The van der Waals surface area contributed by atoms with Gasteiger partial charge in [-0.1, -0.05) is 17.7 Å². The minimum absolute atomic E-state index is 0.0961. The second-order valence-corrected chi connectivity index (χ2v) is 6.53. The van der Waals surface area contributed by atoms with E-state index in [4.69, 9.17) is 11.6 Å². The highest BCUT2D eigenvalue weighted by molar-refractivity contribution is 6.30. The van der Waals surface area contributed by atoms with E-state index in [1.165, 1.54) is 18.9 Å². The standard InChI is InChI=1S/C16H19ClFNO/c1-19-13-4-5-14(19)7-11(6-13)16(20)8-10-2-3-12(17)9-15(10)18/h2-3,9,11,13-14H,4-8H2,1H3. The van der Waals surface area contributed by atoms with Crippen molar-refractivity contribution in [1.82, 2.24) is 4.90 Å². The zero-order valence-electron chi connectivity index (χ0n) is 11.6. The molecule has 4 heteroatoms. The highest BCUT2D eigenvalue weighted by atomic mass is 35.5. The lowest BCUT2D eigenvalue weighted by atomic mass is 9.85. The molecule has 0 amide bonds. The molecule has 108 valence electrons. The normalized spacial score (nSPS) is 29.6. The molecule has 2 aliphatic heterocycles. The first kappa shape index (κ1) is 14.0. The van der Waals surface area contributed by atoms with Gasteiger partial charge in [0.1, 0.15) is 11.6 Å². The van der Waals surface area contributed by atoms with Crippen LogP contribution in [-0.2, 0) is 11.2 Å². The molecule has 2 unspecified atom stereocenters. The van der Waals surface area contributed by atoms with Crippen molar-refractivity contribution in [3.05, 3.63) is 34.6 Å². The Hall–Kier alpha value is -0.930. The van der Waals surface area contributed by atoms with Crippen LogP contribution < -0.4 is 0 Å². The second kappa shape index (κ2) is 5.45. The van der Waals surface area contributed by atoms with Crippen molar-refractivity contribution in [2.75, 3.05) is 7.05 Å². The van der Waals surface area contributed by atoms with Crippen LogP contribution in [0, 0.1) is 11.7 Å². The number of piperidine rings is 1. The molecule has 2 fully saturated rings. The van der Waals surface area contributed by atoms with Crippen LogP contribution in [0.3, 0.4) is 0 Å². The molecule has 2 heterocycles. The van der Waals surface area contributed by atoms with Crippen LogP contribution in [0.4, 0.5) is 4.39 Å². The van der Waals surface area contributed by atoms with Crippen LogP contribution >= 0.6 is 11.6 Å². The van der Waals surface area contributed by atoms with Crippen molar-refractivity contribution in [2.24, 2.45) is 5.92 Å². The lowest BCUT2D eigenvalue weighted by Gasteiger charge is -2.35. The minimum atomic E-state index is -0.373. The first-order valence-electron chi connectivity index (χ1n) is 7.23. The predicted molar refractivity (Wildman–Crippen MR) is 77.4 cm³/mol. The molecule has 2 bridgehead atoms. The fourth-order valence-electron chi connectivity index (χ4n) is 3.67. The summed E-state index contributed by atoms with van der Waals surface area (Å²) in [6, 6.07) is 5.63. The van der Waals surface area contributed by atoms with Gasteiger partial charge in [-0.3, -0.25) is 4.79 Å². The third-order valence-corrected chi connectivity index (χ3v) is 5.17. The van der Waals surface area contributed by atoms with Crippen LogP contribution in [0.2, 0.25) is 5.02 Å². The van der Waals surface area contributed by atoms with Crippen molar-refractivity contribution in [2.45, 2.75) is 44.2 Å². The van der Waals surface area contributed by atoms with Gasteiger partial charge in [0.15, 0.2) is 0 Å². The highest BCUT2D eigenvalue weighted by Gasteiger charge is 2.40. The van der Waals surface area contributed by atoms with Gasteiger partial charge in [0.2, 0.25) is 0 Å². The zero-order valence-corrected chi connectivity index (χ0v) is 12.4. The molecular formula is C16H19ClFNO. The molecule has 0 aliphatic carbocycles. The zero-order chi connectivity index (χ0) is 14.3. The molecule has 1 aromatic rings. The van der Waals surface area contributed by atoms with Crippen molar-refractivity contribution < 1.29 is 9.18 Å². The number of benzene rings is 1. The van der Waals surface area contributed by atoms with E-state index in [2.05, 4.69) is 11.9 Å². The maximum absolute atomic E-state index is 13.8. The van der Waals surface area contributed by atoms with Crippen LogP contribution in [0.1, 0.15) is 31.2 Å². The number of carbonyl (C=O) groups is 1. The summed E-state index contributed by atoms with van der Waals surface area (Å²) >= 11 is 5.73. The van der Waals surface area contributed by atoms with Crippen molar-refractivity contribution in [3.63, 3.8) is 0 Å². The summed E-state index contributed by atoms with van der Waals surface area (Å²) < 4.78 is 13.8. The molecule has 2 aliphatic rings. The van der Waals surface area contributed by atoms with Gasteiger partial charge in [-0.15, -0.1) is 0 Å². The number of rotatable bonds is 3. The maximum atomic E-state index is 13.8. The molecular weight excluding hydrogens is 277 g/mol. The maximum Gasteiger partial charge on any atom is 0.140 e. The number of Topliss-reactive ketones (excluding diaryl/α,β-unsaturated/α-hetero) is 1. The molecule has 2 nitrogen and oxygen atoms in total. The van der Waals surface area contributed by atoms with Crippen LogP contribution in [0.25, 0.3) is 0 Å². The monoisotopic (exact) mass is 295 g/mol. The van der Waals surface area contributed by atoms with E-state index in [1.54, 1.807) is 12.1 Å². The Morgan fingerprint density at radius 2 is 2.00 bits per heavy atom. The van der Waals surface area contributed by atoms with Gasteiger partial charge < -0.3 is 4.90 Å². The van der Waals surface area contributed by atoms with E-state index < -0.39 is 0 Å². The van der Waals surface area contributed by atoms with Crippen molar-refractivity contribution >= 4 is 17.4 Å². The second-order valence-electron chi connectivity index (χ2n) is 6.10. The number of carbonyl (C=O) groups excluding carboxylic acids is 1. The Bertz CT molecular complexity index is 519. The summed E-state index contributed by atoms with van der Waals surface area (Å²) in [5, 5.41) is 0.371. The lowest BCUT2D eigenvalue weighted by Crippen LogP contribution is -2.42. The summed E-state index contributed by atoms with van der Waals surface area (Å²) in [7, 11) is 2.15. The van der Waals surface area contributed by atoms with E-state index in [0.29, 0.717) is 22.7 Å². The molecule has 3 rings (SSSR count). The van der Waals surface area contributed by atoms with Gasteiger partial charge in [-0.2, -0.15) is 0 Å². The lowest BCUT2D eigenvalue weighted by molar-refractivity contribution is -0.124. The largest absolute Gasteiger partial charge is 0.300 e. The van der Waals surface area contributed by atoms with Crippen molar-refractivity contribution in [3.8, 4) is 0 Å². The number of nitrogens with zero attached hydrogens (tertiary/aromatic N) is 1. The Balaban J connectivity index is 1.68. The summed E-state index contributed by atoms with van der Waals surface area (Å²) in [4.78, 5) is 14.8. The summed E-state index contributed by atoms with van der Waals surface area (Å²) in [5.74, 6) is -0.100.